The largest absolute Gasteiger partial charge is 0.508 e. The number of anilines is 2. The van der Waals surface area contributed by atoms with Crippen LogP contribution >= 0.6 is 11.6 Å². The van der Waals surface area contributed by atoms with E-state index in [1.54, 1.807) is 30.3 Å². The highest BCUT2D eigenvalue weighted by Gasteiger charge is 2.05. The quantitative estimate of drug-likeness (QED) is 0.776. The highest BCUT2D eigenvalue weighted by atomic mass is 35.5. The summed E-state index contributed by atoms with van der Waals surface area (Å²) in [5, 5.41) is 15.3. The molecule has 5 heteroatoms. The SMILES string of the molecule is Cc1cc(Cl)ccc1NC(=O)Nc1cccc(O)c1. The van der Waals surface area contributed by atoms with Crippen molar-refractivity contribution in [3.05, 3.63) is 53.1 Å². The van der Waals surface area contributed by atoms with E-state index in [1.165, 1.54) is 12.1 Å². The standard InChI is InChI=1S/C14H13ClN2O2/c1-9-7-10(15)5-6-13(9)17-14(19)16-11-3-2-4-12(18)8-11/h2-8,18H,1H3,(H2,16,17,19). The maximum atomic E-state index is 11.8. The number of phenols is 1. The molecule has 3 N–H and O–H groups in total. The van der Waals surface area contributed by atoms with Crippen LogP contribution in [0.1, 0.15) is 5.56 Å². The number of benzene rings is 2. The number of carbonyl (C=O) groups excluding carboxylic acids is 1. The molecule has 0 fully saturated rings. The van der Waals surface area contributed by atoms with Crippen LogP contribution in [0, 0.1) is 6.92 Å². The average molecular weight is 277 g/mol. The summed E-state index contributed by atoms with van der Waals surface area (Å²) >= 11 is 5.84. The first-order valence-electron chi connectivity index (χ1n) is 5.68. The Morgan fingerprint density at radius 2 is 1.95 bits per heavy atom. The third kappa shape index (κ3) is 3.63. The smallest absolute Gasteiger partial charge is 0.323 e. The maximum absolute atomic E-state index is 11.8. The first kappa shape index (κ1) is 13.2. The number of halogens is 1. The van der Waals surface area contributed by atoms with Crippen LogP contribution < -0.4 is 10.6 Å². The van der Waals surface area contributed by atoms with E-state index in [4.69, 9.17) is 11.6 Å². The molecule has 98 valence electrons. The number of hydrogen-bond acceptors (Lipinski definition) is 2. The minimum atomic E-state index is -0.379. The predicted octanol–water partition coefficient (Wildman–Crippen LogP) is 4.00. The van der Waals surface area contributed by atoms with E-state index in [9.17, 15) is 9.90 Å². The Bertz CT molecular complexity index is 614. The summed E-state index contributed by atoms with van der Waals surface area (Å²) < 4.78 is 0. The molecule has 0 unspecified atom stereocenters. The van der Waals surface area contributed by atoms with E-state index in [-0.39, 0.29) is 11.8 Å². The lowest BCUT2D eigenvalue weighted by atomic mass is 10.2. The number of hydrogen-bond donors (Lipinski definition) is 3. The van der Waals surface area contributed by atoms with Crippen LogP contribution in [0.15, 0.2) is 42.5 Å². The highest BCUT2D eigenvalue weighted by Crippen LogP contribution is 2.20. The second-order valence-electron chi connectivity index (χ2n) is 4.09. The Hall–Kier alpha value is -2.20. The van der Waals surface area contributed by atoms with E-state index in [2.05, 4.69) is 10.6 Å². The lowest BCUT2D eigenvalue weighted by Crippen LogP contribution is -2.19. The first-order valence-corrected chi connectivity index (χ1v) is 6.05. The summed E-state index contributed by atoms with van der Waals surface area (Å²) in [4.78, 5) is 11.8. The maximum Gasteiger partial charge on any atom is 0.323 e. The zero-order valence-electron chi connectivity index (χ0n) is 10.3. The van der Waals surface area contributed by atoms with Crippen LogP contribution in [0.3, 0.4) is 0 Å². The summed E-state index contributed by atoms with van der Waals surface area (Å²) in [6, 6.07) is 11.2. The van der Waals surface area contributed by atoms with Gasteiger partial charge in [0.25, 0.3) is 0 Å². The third-order valence-corrected chi connectivity index (χ3v) is 2.78. The van der Waals surface area contributed by atoms with Crippen molar-refractivity contribution < 1.29 is 9.90 Å². The fourth-order valence-electron chi connectivity index (χ4n) is 1.64. The normalized spacial score (nSPS) is 10.0. The summed E-state index contributed by atoms with van der Waals surface area (Å²) in [5.74, 6) is 0.0977. The first-order chi connectivity index (χ1) is 9.04. The van der Waals surface area contributed by atoms with Crippen molar-refractivity contribution in [2.24, 2.45) is 0 Å². The lowest BCUT2D eigenvalue weighted by Gasteiger charge is -2.10. The van der Waals surface area contributed by atoms with Gasteiger partial charge in [-0.3, -0.25) is 0 Å². The van der Waals surface area contributed by atoms with Gasteiger partial charge in [-0.25, -0.2) is 4.79 Å². The molecule has 2 amide bonds. The van der Waals surface area contributed by atoms with Crippen molar-refractivity contribution >= 4 is 29.0 Å². The molecule has 19 heavy (non-hydrogen) atoms. The molecule has 0 atom stereocenters. The molecule has 0 bridgehead atoms. The van der Waals surface area contributed by atoms with Gasteiger partial charge >= 0.3 is 6.03 Å². The van der Waals surface area contributed by atoms with E-state index < -0.39 is 0 Å². The molecule has 0 radical (unpaired) electrons. The van der Waals surface area contributed by atoms with Gasteiger partial charge in [0.1, 0.15) is 5.75 Å². The van der Waals surface area contributed by atoms with Gasteiger partial charge in [-0.2, -0.15) is 0 Å². The van der Waals surface area contributed by atoms with Crippen LogP contribution in [0.5, 0.6) is 5.75 Å². The number of urea groups is 1. The van der Waals surface area contributed by atoms with E-state index in [0.717, 1.165) is 5.56 Å². The molecular formula is C14H13ClN2O2. The van der Waals surface area contributed by atoms with E-state index in [1.807, 2.05) is 6.92 Å². The highest BCUT2D eigenvalue weighted by molar-refractivity contribution is 6.30. The molecule has 0 saturated carbocycles. The fraction of sp³-hybridized carbons (Fsp3) is 0.0714. The summed E-state index contributed by atoms with van der Waals surface area (Å²) in [6.07, 6.45) is 0. The van der Waals surface area contributed by atoms with Crippen LogP contribution in [-0.2, 0) is 0 Å². The lowest BCUT2D eigenvalue weighted by molar-refractivity contribution is 0.262. The van der Waals surface area contributed by atoms with Crippen LogP contribution in [0.2, 0.25) is 5.02 Å². The minimum absolute atomic E-state index is 0.0977. The van der Waals surface area contributed by atoms with Gasteiger partial charge in [0.2, 0.25) is 0 Å². The number of aromatic hydroxyl groups is 1. The van der Waals surface area contributed by atoms with Gasteiger partial charge in [0, 0.05) is 22.5 Å². The monoisotopic (exact) mass is 276 g/mol. The Morgan fingerprint density at radius 3 is 2.63 bits per heavy atom. The molecule has 0 aliphatic heterocycles. The minimum Gasteiger partial charge on any atom is -0.508 e. The molecule has 0 aromatic heterocycles. The zero-order chi connectivity index (χ0) is 13.8. The molecule has 2 rings (SSSR count). The summed E-state index contributed by atoms with van der Waals surface area (Å²) in [5.41, 5.74) is 2.07. The van der Waals surface area contributed by atoms with Gasteiger partial charge in [-0.1, -0.05) is 17.7 Å². The van der Waals surface area contributed by atoms with Gasteiger partial charge in [-0.15, -0.1) is 0 Å². The van der Waals surface area contributed by atoms with Crippen LogP contribution in [0.25, 0.3) is 0 Å². The van der Waals surface area contributed by atoms with Gasteiger partial charge < -0.3 is 15.7 Å². The Morgan fingerprint density at radius 1 is 1.16 bits per heavy atom. The Kier molecular flexibility index (Phi) is 3.92. The molecule has 0 spiro atoms. The number of phenolic OH excluding ortho intramolecular Hbond substituents is 1. The zero-order valence-corrected chi connectivity index (χ0v) is 11.0. The number of amides is 2. The Balaban J connectivity index is 2.05. The van der Waals surface area contributed by atoms with Crippen molar-refractivity contribution in [2.75, 3.05) is 10.6 Å². The second-order valence-corrected chi connectivity index (χ2v) is 4.53. The van der Waals surface area contributed by atoms with E-state index in [0.29, 0.717) is 16.4 Å². The number of carbonyl (C=O) groups is 1. The van der Waals surface area contributed by atoms with E-state index >= 15 is 0 Å². The fourth-order valence-corrected chi connectivity index (χ4v) is 1.86. The Labute approximate surface area is 116 Å². The molecule has 2 aromatic rings. The summed E-state index contributed by atoms with van der Waals surface area (Å²) in [7, 11) is 0. The number of aryl methyl sites for hydroxylation is 1. The average Bonchev–Trinajstić information content (AvgIpc) is 2.33. The molecule has 4 nitrogen and oxygen atoms in total. The van der Waals surface area contributed by atoms with Crippen molar-refractivity contribution in [1.82, 2.24) is 0 Å². The van der Waals surface area contributed by atoms with Crippen molar-refractivity contribution in [3.63, 3.8) is 0 Å². The molecule has 2 aromatic carbocycles. The number of rotatable bonds is 2. The van der Waals surface area contributed by atoms with Crippen LogP contribution in [-0.4, -0.2) is 11.1 Å². The summed E-state index contributed by atoms with van der Waals surface area (Å²) in [6.45, 7) is 1.86. The van der Waals surface area contributed by atoms with Crippen LogP contribution in [0.4, 0.5) is 16.2 Å². The van der Waals surface area contributed by atoms with Gasteiger partial charge in [0.15, 0.2) is 0 Å². The molecule has 0 aliphatic carbocycles. The van der Waals surface area contributed by atoms with Crippen molar-refractivity contribution in [2.45, 2.75) is 6.92 Å². The topological polar surface area (TPSA) is 61.4 Å². The molecular weight excluding hydrogens is 264 g/mol. The van der Waals surface area contributed by atoms with Crippen molar-refractivity contribution in [3.8, 4) is 5.75 Å². The molecule has 0 saturated heterocycles. The predicted molar refractivity (Wildman–Crippen MR) is 76.9 cm³/mol. The van der Waals surface area contributed by atoms with Gasteiger partial charge in [0.05, 0.1) is 0 Å². The molecule has 0 heterocycles. The third-order valence-electron chi connectivity index (χ3n) is 2.54. The number of nitrogens with one attached hydrogen (secondary N) is 2. The second kappa shape index (κ2) is 5.63. The molecule has 0 aliphatic rings. The van der Waals surface area contributed by atoms with Crippen molar-refractivity contribution in [1.29, 1.82) is 0 Å². The van der Waals surface area contributed by atoms with Gasteiger partial charge in [-0.05, 0) is 42.8 Å².